The first-order chi connectivity index (χ1) is 9.85. The molecule has 0 aliphatic heterocycles. The fraction of sp³-hybridized carbons (Fsp3) is 0.875. The van der Waals surface area contributed by atoms with Gasteiger partial charge in [0.15, 0.2) is 0 Å². The lowest BCUT2D eigenvalue weighted by Crippen LogP contribution is -2.43. The number of carbonyl (C=O) groups is 2. The third kappa shape index (κ3) is 5.65. The van der Waals surface area contributed by atoms with Crippen LogP contribution in [0.5, 0.6) is 0 Å². The highest BCUT2D eigenvalue weighted by Crippen LogP contribution is 2.35. The van der Waals surface area contributed by atoms with Crippen molar-refractivity contribution < 1.29 is 19.4 Å². The number of hydrogen-bond acceptors (Lipinski definition) is 3. The first-order valence-corrected chi connectivity index (χ1v) is 7.98. The zero-order valence-electron chi connectivity index (χ0n) is 13.6. The summed E-state index contributed by atoms with van der Waals surface area (Å²) in [5, 5.41) is 11.4. The van der Waals surface area contributed by atoms with Gasteiger partial charge in [-0.05, 0) is 37.0 Å². The van der Waals surface area contributed by atoms with Crippen molar-refractivity contribution >= 4 is 11.9 Å². The van der Waals surface area contributed by atoms with E-state index in [4.69, 9.17) is 9.84 Å². The van der Waals surface area contributed by atoms with Gasteiger partial charge in [-0.15, -0.1) is 0 Å². The topological polar surface area (TPSA) is 75.6 Å². The van der Waals surface area contributed by atoms with Gasteiger partial charge in [0.05, 0.1) is 6.10 Å². The molecule has 0 heterocycles. The molecule has 1 rings (SSSR count). The second-order valence-electron chi connectivity index (χ2n) is 6.54. The normalized spacial score (nSPS) is 27.4. The number of amides is 1. The van der Waals surface area contributed by atoms with Gasteiger partial charge >= 0.3 is 5.97 Å². The van der Waals surface area contributed by atoms with Gasteiger partial charge < -0.3 is 15.2 Å². The largest absolute Gasteiger partial charge is 0.480 e. The molecular formula is C16H29NO4. The van der Waals surface area contributed by atoms with E-state index in [0.29, 0.717) is 24.2 Å². The van der Waals surface area contributed by atoms with Crippen LogP contribution in [0.25, 0.3) is 0 Å². The minimum atomic E-state index is -1.00. The molecule has 0 aromatic carbocycles. The number of carboxylic acid groups (broad SMARTS) is 1. The Labute approximate surface area is 127 Å². The van der Waals surface area contributed by atoms with E-state index in [2.05, 4.69) is 26.1 Å². The second-order valence-corrected chi connectivity index (χ2v) is 6.54. The van der Waals surface area contributed by atoms with E-state index in [-0.39, 0.29) is 18.6 Å². The Morgan fingerprint density at radius 3 is 2.52 bits per heavy atom. The molecule has 0 bridgehead atoms. The molecule has 0 radical (unpaired) electrons. The van der Waals surface area contributed by atoms with Gasteiger partial charge in [0, 0.05) is 0 Å². The summed E-state index contributed by atoms with van der Waals surface area (Å²) < 4.78 is 5.81. The Balaban J connectivity index is 2.47. The molecule has 21 heavy (non-hydrogen) atoms. The summed E-state index contributed by atoms with van der Waals surface area (Å²) in [6, 6.07) is -0.827. The minimum Gasteiger partial charge on any atom is -0.480 e. The van der Waals surface area contributed by atoms with Crippen LogP contribution in [0, 0.1) is 17.8 Å². The molecule has 2 N–H and O–H groups in total. The highest BCUT2D eigenvalue weighted by molar-refractivity contribution is 5.84. The van der Waals surface area contributed by atoms with E-state index in [1.54, 1.807) is 6.92 Å². The standard InChI is InChI=1S/C16H29NO4/c1-5-13(16(19)20)17-15(18)9-21-14-8-11(4)6-7-12(14)10(2)3/h10-14H,5-9H2,1-4H3,(H,17,18)(H,19,20). The molecular weight excluding hydrogens is 270 g/mol. The molecule has 5 heteroatoms. The quantitative estimate of drug-likeness (QED) is 0.757. The van der Waals surface area contributed by atoms with E-state index >= 15 is 0 Å². The van der Waals surface area contributed by atoms with Crippen molar-refractivity contribution in [1.82, 2.24) is 5.32 Å². The van der Waals surface area contributed by atoms with Gasteiger partial charge in [-0.3, -0.25) is 4.79 Å². The van der Waals surface area contributed by atoms with Crippen molar-refractivity contribution in [2.45, 2.75) is 65.5 Å². The van der Waals surface area contributed by atoms with E-state index in [1.165, 1.54) is 6.42 Å². The van der Waals surface area contributed by atoms with Crippen LogP contribution in [0.15, 0.2) is 0 Å². The smallest absolute Gasteiger partial charge is 0.326 e. The lowest BCUT2D eigenvalue weighted by molar-refractivity contribution is -0.143. The third-order valence-corrected chi connectivity index (χ3v) is 4.43. The van der Waals surface area contributed by atoms with Crippen molar-refractivity contribution in [3.8, 4) is 0 Å². The Morgan fingerprint density at radius 1 is 1.33 bits per heavy atom. The number of hydrogen-bond donors (Lipinski definition) is 2. The fourth-order valence-electron chi connectivity index (χ4n) is 3.06. The zero-order chi connectivity index (χ0) is 16.0. The van der Waals surface area contributed by atoms with Crippen LogP contribution in [0.3, 0.4) is 0 Å². The van der Waals surface area contributed by atoms with Gasteiger partial charge in [0.25, 0.3) is 0 Å². The molecule has 1 saturated carbocycles. The Hall–Kier alpha value is -1.10. The zero-order valence-corrected chi connectivity index (χ0v) is 13.6. The van der Waals surface area contributed by atoms with Crippen LogP contribution >= 0.6 is 0 Å². The van der Waals surface area contributed by atoms with Crippen LogP contribution in [0.1, 0.15) is 53.4 Å². The maximum Gasteiger partial charge on any atom is 0.326 e. The molecule has 1 aliphatic carbocycles. The molecule has 4 atom stereocenters. The number of carbonyl (C=O) groups excluding carboxylic acids is 1. The maximum absolute atomic E-state index is 11.8. The summed E-state index contributed by atoms with van der Waals surface area (Å²) in [6.45, 7) is 8.27. The highest BCUT2D eigenvalue weighted by Gasteiger charge is 2.32. The number of carboxylic acids is 1. The van der Waals surface area contributed by atoms with Crippen LogP contribution in [0.4, 0.5) is 0 Å². The Morgan fingerprint density at radius 2 is 2.00 bits per heavy atom. The number of ether oxygens (including phenoxy) is 1. The first kappa shape index (κ1) is 18.0. The SMILES string of the molecule is CCC(NC(=O)COC1CC(C)CCC1C(C)C)C(=O)O. The molecule has 1 fully saturated rings. The molecule has 4 unspecified atom stereocenters. The Bertz CT molecular complexity index is 356. The van der Waals surface area contributed by atoms with Gasteiger partial charge in [-0.2, -0.15) is 0 Å². The van der Waals surface area contributed by atoms with E-state index in [0.717, 1.165) is 12.8 Å². The summed E-state index contributed by atoms with van der Waals surface area (Å²) in [6.07, 6.45) is 3.80. The van der Waals surface area contributed by atoms with Crippen molar-refractivity contribution in [3.05, 3.63) is 0 Å². The van der Waals surface area contributed by atoms with Gasteiger partial charge in [0.1, 0.15) is 12.6 Å². The average Bonchev–Trinajstić information content (AvgIpc) is 2.41. The molecule has 1 amide bonds. The molecule has 0 spiro atoms. The molecule has 1 aliphatic rings. The maximum atomic E-state index is 11.8. The van der Waals surface area contributed by atoms with Crippen LogP contribution in [-0.4, -0.2) is 35.7 Å². The van der Waals surface area contributed by atoms with Gasteiger partial charge in [-0.25, -0.2) is 4.79 Å². The Kier molecular flexibility index (Phi) is 7.15. The molecule has 122 valence electrons. The number of aliphatic carboxylic acids is 1. The fourth-order valence-corrected chi connectivity index (χ4v) is 3.06. The highest BCUT2D eigenvalue weighted by atomic mass is 16.5. The predicted molar refractivity (Wildman–Crippen MR) is 80.9 cm³/mol. The van der Waals surface area contributed by atoms with Crippen molar-refractivity contribution in [3.63, 3.8) is 0 Å². The van der Waals surface area contributed by atoms with Crippen molar-refractivity contribution in [2.75, 3.05) is 6.61 Å². The first-order valence-electron chi connectivity index (χ1n) is 7.98. The minimum absolute atomic E-state index is 0.0512. The lowest BCUT2D eigenvalue weighted by Gasteiger charge is -2.37. The summed E-state index contributed by atoms with van der Waals surface area (Å²) in [7, 11) is 0. The lowest BCUT2D eigenvalue weighted by atomic mass is 9.75. The van der Waals surface area contributed by atoms with E-state index < -0.39 is 12.0 Å². The van der Waals surface area contributed by atoms with Crippen molar-refractivity contribution in [1.29, 1.82) is 0 Å². The van der Waals surface area contributed by atoms with E-state index in [1.807, 2.05) is 0 Å². The molecule has 0 aromatic rings. The van der Waals surface area contributed by atoms with Crippen molar-refractivity contribution in [2.24, 2.45) is 17.8 Å². The monoisotopic (exact) mass is 299 g/mol. The molecule has 5 nitrogen and oxygen atoms in total. The van der Waals surface area contributed by atoms with Crippen LogP contribution in [0.2, 0.25) is 0 Å². The number of rotatable bonds is 7. The molecule has 0 aromatic heterocycles. The average molecular weight is 299 g/mol. The predicted octanol–water partition coefficient (Wildman–Crippen LogP) is 2.44. The summed E-state index contributed by atoms with van der Waals surface area (Å²) in [4.78, 5) is 22.7. The van der Waals surface area contributed by atoms with Gasteiger partial charge in [-0.1, -0.05) is 34.1 Å². The van der Waals surface area contributed by atoms with Gasteiger partial charge in [0.2, 0.25) is 5.91 Å². The van der Waals surface area contributed by atoms with Crippen LogP contribution in [-0.2, 0) is 14.3 Å². The second kappa shape index (κ2) is 8.37. The van der Waals surface area contributed by atoms with E-state index in [9.17, 15) is 9.59 Å². The number of nitrogens with one attached hydrogen (secondary N) is 1. The third-order valence-electron chi connectivity index (χ3n) is 4.43. The molecule has 0 saturated heterocycles. The summed E-state index contributed by atoms with van der Waals surface area (Å²) in [5.74, 6) is 0.293. The summed E-state index contributed by atoms with van der Waals surface area (Å²) >= 11 is 0. The van der Waals surface area contributed by atoms with Crippen LogP contribution < -0.4 is 5.32 Å². The summed E-state index contributed by atoms with van der Waals surface area (Å²) in [5.41, 5.74) is 0.